The van der Waals surface area contributed by atoms with Crippen LogP contribution in [0.3, 0.4) is 0 Å². The molecule has 10 nitrogen and oxygen atoms in total. The summed E-state index contributed by atoms with van der Waals surface area (Å²) in [5, 5.41) is 8.46. The van der Waals surface area contributed by atoms with E-state index in [2.05, 4.69) is 20.9 Å². The molecule has 1 fully saturated rings. The third kappa shape index (κ3) is 6.10. The van der Waals surface area contributed by atoms with Crippen molar-refractivity contribution in [3.63, 3.8) is 0 Å². The first-order valence-corrected chi connectivity index (χ1v) is 11.2. The summed E-state index contributed by atoms with van der Waals surface area (Å²) < 4.78 is 21.4. The van der Waals surface area contributed by atoms with E-state index in [9.17, 15) is 9.59 Å². The standard InChI is InChI=1S/C25H28N4O6/c1-15-4-5-17(10-21(15)16(2)27-25(31)35-19-8-9-33-13-19)28-24(30)29-18-6-7-20(22(11-18)32-3)23-12-26-14-34-23/h4-7,10-12,14,16,19H,8-9,13H2,1-3H3,(H,27,31)(H2,28,29,30)/t16?,19-/m0/s1. The SMILES string of the molecule is COc1cc(NC(=O)Nc2ccc(C)c(C(C)NC(=O)O[C@H]3CCOC3)c2)ccc1-c1cnco1. The first-order chi connectivity index (χ1) is 16.9. The normalized spacial score (nSPS) is 15.8. The van der Waals surface area contributed by atoms with Crippen molar-refractivity contribution in [2.75, 3.05) is 31.0 Å². The van der Waals surface area contributed by atoms with Crippen molar-refractivity contribution in [2.45, 2.75) is 32.4 Å². The van der Waals surface area contributed by atoms with Crippen molar-refractivity contribution in [2.24, 2.45) is 0 Å². The third-order valence-corrected chi connectivity index (χ3v) is 5.66. The second-order valence-corrected chi connectivity index (χ2v) is 8.19. The third-order valence-electron chi connectivity index (χ3n) is 5.66. The number of aryl methyl sites for hydroxylation is 1. The van der Waals surface area contributed by atoms with Crippen LogP contribution >= 0.6 is 0 Å². The lowest BCUT2D eigenvalue weighted by Crippen LogP contribution is -2.31. The van der Waals surface area contributed by atoms with Crippen molar-refractivity contribution >= 4 is 23.5 Å². The molecule has 0 spiro atoms. The molecule has 0 saturated carbocycles. The van der Waals surface area contributed by atoms with Crippen LogP contribution in [0.5, 0.6) is 5.75 Å². The maximum atomic E-state index is 12.6. The molecule has 1 aromatic heterocycles. The van der Waals surface area contributed by atoms with E-state index in [0.717, 1.165) is 16.7 Å². The Kier molecular flexibility index (Phi) is 7.51. The zero-order valence-electron chi connectivity index (χ0n) is 19.8. The fraction of sp³-hybridized carbons (Fsp3) is 0.320. The van der Waals surface area contributed by atoms with Crippen LogP contribution in [0.2, 0.25) is 0 Å². The summed E-state index contributed by atoms with van der Waals surface area (Å²) in [6.07, 6.45) is 2.92. The number of carbonyl (C=O) groups excluding carboxylic acids is 2. The van der Waals surface area contributed by atoms with E-state index < -0.39 is 12.1 Å². The van der Waals surface area contributed by atoms with E-state index in [1.165, 1.54) is 6.39 Å². The Bertz CT molecular complexity index is 1170. The van der Waals surface area contributed by atoms with Crippen molar-refractivity contribution in [1.29, 1.82) is 0 Å². The molecule has 3 N–H and O–H groups in total. The monoisotopic (exact) mass is 480 g/mol. The number of oxazole rings is 1. The summed E-state index contributed by atoms with van der Waals surface area (Å²) in [6, 6.07) is 9.99. The lowest BCUT2D eigenvalue weighted by Gasteiger charge is -2.19. The molecule has 10 heteroatoms. The highest BCUT2D eigenvalue weighted by atomic mass is 16.6. The Hall–Kier alpha value is -4.05. The quantitative estimate of drug-likeness (QED) is 0.440. The second-order valence-electron chi connectivity index (χ2n) is 8.19. The highest BCUT2D eigenvalue weighted by molar-refractivity contribution is 6.00. The first kappa shape index (κ1) is 24.1. The number of urea groups is 1. The summed E-state index contributed by atoms with van der Waals surface area (Å²) in [4.78, 5) is 28.8. The topological polar surface area (TPSA) is 124 Å². The molecule has 184 valence electrons. The van der Waals surface area contributed by atoms with Crippen LogP contribution in [0, 0.1) is 6.92 Å². The molecule has 2 aromatic carbocycles. The molecule has 2 heterocycles. The number of alkyl carbamates (subject to hydrolysis) is 1. The average Bonchev–Trinajstić information content (AvgIpc) is 3.54. The fourth-order valence-electron chi connectivity index (χ4n) is 3.85. The van der Waals surface area contributed by atoms with Gasteiger partial charge < -0.3 is 34.6 Å². The Labute approximate surface area is 203 Å². The maximum absolute atomic E-state index is 12.6. The van der Waals surface area contributed by atoms with Crippen molar-refractivity contribution in [3.05, 3.63) is 60.1 Å². The zero-order chi connectivity index (χ0) is 24.8. The van der Waals surface area contributed by atoms with Crippen molar-refractivity contribution in [1.82, 2.24) is 10.3 Å². The lowest BCUT2D eigenvalue weighted by molar-refractivity contribution is 0.0812. The van der Waals surface area contributed by atoms with E-state index in [-0.39, 0.29) is 12.1 Å². The molecule has 4 rings (SSSR count). The number of anilines is 2. The number of rotatable bonds is 7. The number of nitrogens with zero attached hydrogens (tertiary/aromatic N) is 1. The van der Waals surface area contributed by atoms with Gasteiger partial charge in [-0.2, -0.15) is 0 Å². The van der Waals surface area contributed by atoms with Crippen LogP contribution in [0.1, 0.15) is 30.5 Å². The summed E-state index contributed by atoms with van der Waals surface area (Å²) >= 11 is 0. The van der Waals surface area contributed by atoms with Gasteiger partial charge in [0.2, 0.25) is 0 Å². The van der Waals surface area contributed by atoms with Gasteiger partial charge in [0.1, 0.15) is 11.9 Å². The number of aromatic nitrogens is 1. The number of methoxy groups -OCH3 is 1. The van der Waals surface area contributed by atoms with Crippen molar-refractivity contribution < 1.29 is 28.2 Å². The minimum Gasteiger partial charge on any atom is -0.496 e. The van der Waals surface area contributed by atoms with Gasteiger partial charge in [0.15, 0.2) is 12.2 Å². The molecule has 0 aliphatic carbocycles. The second kappa shape index (κ2) is 10.9. The molecular weight excluding hydrogens is 452 g/mol. The maximum Gasteiger partial charge on any atom is 0.407 e. The number of hydrogen-bond donors (Lipinski definition) is 3. The molecule has 3 aromatic rings. The van der Waals surface area contributed by atoms with E-state index in [1.807, 2.05) is 26.0 Å². The van der Waals surface area contributed by atoms with Gasteiger partial charge in [-0.15, -0.1) is 0 Å². The Balaban J connectivity index is 1.38. The summed E-state index contributed by atoms with van der Waals surface area (Å²) in [6.45, 7) is 4.82. The minimum absolute atomic E-state index is 0.219. The Morgan fingerprint density at radius 3 is 2.60 bits per heavy atom. The summed E-state index contributed by atoms with van der Waals surface area (Å²) in [7, 11) is 1.54. The molecule has 2 atom stereocenters. The minimum atomic E-state index is -0.494. The molecule has 1 aliphatic heterocycles. The molecule has 3 amide bonds. The van der Waals surface area contributed by atoms with Gasteiger partial charge in [0.25, 0.3) is 0 Å². The van der Waals surface area contributed by atoms with Gasteiger partial charge >= 0.3 is 12.1 Å². The summed E-state index contributed by atoms with van der Waals surface area (Å²) in [5.74, 6) is 1.10. The average molecular weight is 481 g/mol. The van der Waals surface area contributed by atoms with Crippen LogP contribution in [0.4, 0.5) is 21.0 Å². The molecule has 1 aliphatic rings. The van der Waals surface area contributed by atoms with Gasteiger partial charge in [-0.1, -0.05) is 6.07 Å². The number of ether oxygens (including phenoxy) is 3. The Morgan fingerprint density at radius 1 is 1.14 bits per heavy atom. The van der Waals surface area contributed by atoms with E-state index >= 15 is 0 Å². The van der Waals surface area contributed by atoms with Gasteiger partial charge in [0, 0.05) is 23.9 Å². The number of amides is 3. The van der Waals surface area contributed by atoms with E-state index in [4.69, 9.17) is 18.6 Å². The molecule has 0 radical (unpaired) electrons. The molecule has 1 saturated heterocycles. The number of nitrogens with one attached hydrogen (secondary N) is 3. The van der Waals surface area contributed by atoms with Gasteiger partial charge in [-0.25, -0.2) is 14.6 Å². The zero-order valence-corrected chi connectivity index (χ0v) is 19.8. The van der Waals surface area contributed by atoms with Crippen LogP contribution < -0.4 is 20.7 Å². The fourth-order valence-corrected chi connectivity index (χ4v) is 3.85. The van der Waals surface area contributed by atoms with E-state index in [0.29, 0.717) is 42.5 Å². The smallest absolute Gasteiger partial charge is 0.407 e. The van der Waals surface area contributed by atoms with Crippen LogP contribution in [0.25, 0.3) is 11.3 Å². The first-order valence-electron chi connectivity index (χ1n) is 11.2. The number of hydrogen-bond acceptors (Lipinski definition) is 7. The highest BCUT2D eigenvalue weighted by Gasteiger charge is 2.21. The number of carbonyl (C=O) groups is 2. The molecular formula is C25H28N4O6. The molecule has 1 unspecified atom stereocenters. The number of benzene rings is 2. The van der Waals surface area contributed by atoms with Crippen molar-refractivity contribution in [3.8, 4) is 17.1 Å². The predicted molar refractivity (Wildman–Crippen MR) is 130 cm³/mol. The predicted octanol–water partition coefficient (Wildman–Crippen LogP) is 4.88. The molecule has 35 heavy (non-hydrogen) atoms. The molecule has 0 bridgehead atoms. The van der Waals surface area contributed by atoms with Crippen LogP contribution in [-0.4, -0.2) is 43.5 Å². The Morgan fingerprint density at radius 2 is 1.91 bits per heavy atom. The highest BCUT2D eigenvalue weighted by Crippen LogP contribution is 2.32. The van der Waals surface area contributed by atoms with Gasteiger partial charge in [-0.3, -0.25) is 0 Å². The largest absolute Gasteiger partial charge is 0.496 e. The van der Waals surface area contributed by atoms with Crippen LogP contribution in [-0.2, 0) is 9.47 Å². The lowest BCUT2D eigenvalue weighted by atomic mass is 10.0. The van der Waals surface area contributed by atoms with E-state index in [1.54, 1.807) is 37.6 Å². The van der Waals surface area contributed by atoms with Crippen LogP contribution in [0.15, 0.2) is 53.4 Å². The summed E-state index contributed by atoms with van der Waals surface area (Å²) in [5.41, 5.74) is 3.68. The van der Waals surface area contributed by atoms with Gasteiger partial charge in [-0.05, 0) is 49.2 Å². The van der Waals surface area contributed by atoms with Gasteiger partial charge in [0.05, 0.1) is 38.1 Å².